The van der Waals surface area contributed by atoms with E-state index in [1.807, 2.05) is 61.5 Å². The Labute approximate surface area is 234 Å². The second-order valence-corrected chi connectivity index (χ2v) is 13.4. The third kappa shape index (κ3) is 5.89. The van der Waals surface area contributed by atoms with Crippen molar-refractivity contribution in [2.45, 2.75) is 76.7 Å². The van der Waals surface area contributed by atoms with Crippen molar-refractivity contribution in [1.29, 1.82) is 0 Å². The van der Waals surface area contributed by atoms with Crippen molar-refractivity contribution in [3.05, 3.63) is 84.4 Å². The summed E-state index contributed by atoms with van der Waals surface area (Å²) in [5.41, 5.74) is 0.951. The summed E-state index contributed by atoms with van der Waals surface area (Å²) in [6, 6.07) is 25.1. The summed E-state index contributed by atoms with van der Waals surface area (Å²) >= 11 is 0. The molecule has 5 rings (SSSR count). The van der Waals surface area contributed by atoms with Crippen LogP contribution in [0.15, 0.2) is 93.5 Å². The van der Waals surface area contributed by atoms with Crippen LogP contribution in [-0.4, -0.2) is 43.2 Å². The van der Waals surface area contributed by atoms with E-state index >= 15 is 0 Å². The van der Waals surface area contributed by atoms with Crippen LogP contribution < -0.4 is 4.74 Å². The summed E-state index contributed by atoms with van der Waals surface area (Å²) in [7, 11) is -6.59. The van der Waals surface area contributed by atoms with Gasteiger partial charge in [-0.25, -0.2) is 12.8 Å². The van der Waals surface area contributed by atoms with E-state index in [-0.39, 0.29) is 12.2 Å². The number of hydrogen-bond acceptors (Lipinski definition) is 6. The van der Waals surface area contributed by atoms with Crippen LogP contribution in [0, 0.1) is 0 Å². The molecule has 6 nitrogen and oxygen atoms in total. The largest absolute Gasteiger partial charge is 0.743 e. The minimum Gasteiger partial charge on any atom is -0.743 e. The topological polar surface area (TPSA) is 84.9 Å². The number of hydrogen-bond donors (Lipinski definition) is 0. The molecule has 1 aliphatic heterocycles. The fourth-order valence-electron chi connectivity index (χ4n) is 5.04. The zero-order chi connectivity index (χ0) is 28.5. The van der Waals surface area contributed by atoms with Crippen molar-refractivity contribution >= 4 is 21.0 Å². The molecule has 0 radical (unpaired) electrons. The van der Waals surface area contributed by atoms with Crippen LogP contribution in [0.25, 0.3) is 0 Å². The lowest BCUT2D eigenvalue weighted by Gasteiger charge is -2.25. The lowest BCUT2D eigenvalue weighted by atomic mass is 10.1. The molecule has 1 heterocycles. The number of ether oxygens (including phenoxy) is 3. The van der Waals surface area contributed by atoms with Gasteiger partial charge in [-0.05, 0) is 86.8 Å². The molecule has 11 heteroatoms. The molecule has 3 aromatic carbocycles. The number of fused-ring (bicyclic) bond motifs is 1. The number of alkyl halides is 3. The second-order valence-electron chi connectivity index (χ2n) is 9.92. The molecule has 4 atom stereocenters. The Hall–Kier alpha value is -2.57. The molecule has 0 bridgehead atoms. The number of benzene rings is 3. The average Bonchev–Trinajstić information content (AvgIpc) is 3.49. The summed E-state index contributed by atoms with van der Waals surface area (Å²) < 4.78 is 90.2. The molecule has 40 heavy (non-hydrogen) atoms. The fourth-order valence-corrected chi connectivity index (χ4v) is 7.53. The molecular formula is C29H29F3O6S2. The van der Waals surface area contributed by atoms with E-state index in [1.54, 1.807) is 12.1 Å². The third-order valence-electron chi connectivity index (χ3n) is 7.14. The van der Waals surface area contributed by atoms with Gasteiger partial charge in [-0.2, -0.15) is 8.78 Å². The van der Waals surface area contributed by atoms with Gasteiger partial charge in [0.15, 0.2) is 36.8 Å². The minimum absolute atomic E-state index is 0.136. The van der Waals surface area contributed by atoms with Crippen LogP contribution in [0.5, 0.6) is 5.75 Å². The van der Waals surface area contributed by atoms with Gasteiger partial charge >= 0.3 is 5.25 Å². The lowest BCUT2D eigenvalue weighted by Crippen LogP contribution is -2.39. The van der Waals surface area contributed by atoms with E-state index in [9.17, 15) is 26.1 Å². The van der Waals surface area contributed by atoms with Gasteiger partial charge in [0.2, 0.25) is 0 Å². The van der Waals surface area contributed by atoms with E-state index in [2.05, 4.69) is 12.1 Å². The predicted molar refractivity (Wildman–Crippen MR) is 142 cm³/mol. The van der Waals surface area contributed by atoms with Crippen molar-refractivity contribution in [2.75, 3.05) is 6.61 Å². The van der Waals surface area contributed by atoms with Crippen molar-refractivity contribution < 1.29 is 40.4 Å². The normalized spacial score (nSPS) is 24.4. The Bertz CT molecular complexity index is 1390. The Morgan fingerprint density at radius 3 is 2.02 bits per heavy atom. The van der Waals surface area contributed by atoms with E-state index in [0.29, 0.717) is 5.75 Å². The quantitative estimate of drug-likeness (QED) is 0.206. The van der Waals surface area contributed by atoms with E-state index in [4.69, 9.17) is 14.2 Å². The lowest BCUT2D eigenvalue weighted by molar-refractivity contribution is -0.174. The average molecular weight is 595 g/mol. The van der Waals surface area contributed by atoms with E-state index in [1.165, 1.54) is 0 Å². The van der Waals surface area contributed by atoms with E-state index in [0.717, 1.165) is 39.5 Å². The van der Waals surface area contributed by atoms with Gasteiger partial charge in [0.25, 0.3) is 0 Å². The Balaban J connectivity index is 1.31. The van der Waals surface area contributed by atoms with Gasteiger partial charge in [-0.1, -0.05) is 18.2 Å². The summed E-state index contributed by atoms with van der Waals surface area (Å²) in [4.78, 5) is 3.11. The summed E-state index contributed by atoms with van der Waals surface area (Å²) in [5, 5.41) is -5.01. The van der Waals surface area contributed by atoms with E-state index < -0.39 is 51.3 Å². The van der Waals surface area contributed by atoms with Crippen LogP contribution >= 0.6 is 0 Å². The Morgan fingerprint density at radius 2 is 1.48 bits per heavy atom. The molecule has 214 valence electrons. The molecule has 4 unspecified atom stereocenters. The third-order valence-corrected chi connectivity index (χ3v) is 10.3. The smallest absolute Gasteiger partial charge is 0.364 e. The highest BCUT2D eigenvalue weighted by atomic mass is 32.2. The van der Waals surface area contributed by atoms with Crippen LogP contribution in [0.1, 0.15) is 38.2 Å². The molecule has 2 fully saturated rings. The standard InChI is InChI=1S/C29H29F3O6S2/c1-28(37-25-8-5-9-26(25)38-28)20-10-14-23(15-11-20)39(22-6-3-2-4-7-22)24-16-12-21(13-17-24)36-19-18-27(30)29(31,32)40(33,34)35/h2-4,6-7,10-17,25-27H,5,8-9,18-19H2,1H3. The molecule has 1 saturated heterocycles. The maximum Gasteiger partial charge on any atom is 0.364 e. The first kappa shape index (κ1) is 28.9. The fraction of sp³-hybridized carbons (Fsp3) is 0.379. The Morgan fingerprint density at radius 1 is 0.950 bits per heavy atom. The van der Waals surface area contributed by atoms with Crippen LogP contribution in [0.4, 0.5) is 13.2 Å². The molecule has 0 aromatic heterocycles. The summed E-state index contributed by atoms with van der Waals surface area (Å²) in [5.74, 6) is -0.482. The molecule has 0 spiro atoms. The first-order valence-electron chi connectivity index (χ1n) is 12.9. The zero-order valence-corrected chi connectivity index (χ0v) is 23.3. The SMILES string of the molecule is CC1(c2ccc([S+](c3ccccc3)c3ccc(OCCC(F)C(F)(F)S(=O)(=O)[O-])cc3)cc2)OC2CCCC2O1. The highest BCUT2D eigenvalue weighted by Gasteiger charge is 2.48. The zero-order valence-electron chi connectivity index (χ0n) is 21.7. The highest BCUT2D eigenvalue weighted by molar-refractivity contribution is 7.97. The first-order valence-corrected chi connectivity index (χ1v) is 15.6. The molecule has 3 aromatic rings. The van der Waals surface area contributed by atoms with Crippen molar-refractivity contribution in [1.82, 2.24) is 0 Å². The predicted octanol–water partition coefficient (Wildman–Crippen LogP) is 6.17. The van der Waals surface area contributed by atoms with Crippen LogP contribution in [0.2, 0.25) is 0 Å². The van der Waals surface area contributed by atoms with Gasteiger partial charge in [-0.3, -0.25) is 0 Å². The monoisotopic (exact) mass is 594 g/mol. The molecular weight excluding hydrogens is 565 g/mol. The molecule has 1 saturated carbocycles. The van der Waals surface area contributed by atoms with Crippen LogP contribution in [0.3, 0.4) is 0 Å². The number of rotatable bonds is 10. The maximum atomic E-state index is 13.7. The molecule has 2 aliphatic rings. The number of halogens is 3. The maximum absolute atomic E-state index is 13.7. The van der Waals surface area contributed by atoms with Gasteiger partial charge < -0.3 is 18.8 Å². The molecule has 0 N–H and O–H groups in total. The molecule has 0 amide bonds. The van der Waals surface area contributed by atoms with Gasteiger partial charge in [0.1, 0.15) is 5.75 Å². The van der Waals surface area contributed by atoms with Crippen molar-refractivity contribution in [2.24, 2.45) is 0 Å². The highest BCUT2D eigenvalue weighted by Crippen LogP contribution is 2.44. The minimum atomic E-state index is -6.11. The van der Waals surface area contributed by atoms with Gasteiger partial charge in [0.05, 0.1) is 29.7 Å². The van der Waals surface area contributed by atoms with Gasteiger partial charge in [-0.15, -0.1) is 0 Å². The summed E-state index contributed by atoms with van der Waals surface area (Å²) in [6.07, 6.45) is -0.705. The van der Waals surface area contributed by atoms with Crippen molar-refractivity contribution in [3.8, 4) is 5.75 Å². The first-order chi connectivity index (χ1) is 19.0. The second kappa shape index (κ2) is 11.4. The van der Waals surface area contributed by atoms with Crippen LogP contribution in [-0.2, 0) is 36.3 Å². The molecule has 1 aliphatic carbocycles. The Kier molecular flexibility index (Phi) is 8.22. The van der Waals surface area contributed by atoms with Crippen molar-refractivity contribution in [3.63, 3.8) is 0 Å². The van der Waals surface area contributed by atoms with Gasteiger partial charge in [0, 0.05) is 12.0 Å². The summed E-state index contributed by atoms with van der Waals surface area (Å²) in [6.45, 7) is 1.43.